The van der Waals surface area contributed by atoms with Gasteiger partial charge in [0.15, 0.2) is 6.10 Å². The minimum Gasteiger partial charge on any atom is -0.462 e. The van der Waals surface area contributed by atoms with Gasteiger partial charge in [-0.3, -0.25) is 18.6 Å². The average Bonchev–Trinajstić information content (AvgIpc) is 3.36. The van der Waals surface area contributed by atoms with Crippen molar-refractivity contribution < 1.29 is 37.6 Å². The first-order valence-electron chi connectivity index (χ1n) is 28.7. The van der Waals surface area contributed by atoms with Crippen LogP contribution >= 0.6 is 7.82 Å². The quantitative estimate of drug-likeness (QED) is 0.0264. The SMILES string of the molecule is CC/C=C\C/C=C\C/C=C\C/C=C\C/C=C\C/C=C\C/C=C\C/C=C\CCCCCCCCCCCCCCC(=O)OC(COC(=O)CCCCCCCCCCCCCCC)COP(=O)(O)OCCN. The highest BCUT2D eigenvalue weighted by atomic mass is 31.2. The first-order valence-corrected chi connectivity index (χ1v) is 30.2. The van der Waals surface area contributed by atoms with E-state index in [1.807, 2.05) is 0 Å². The first-order chi connectivity index (χ1) is 34.8. The summed E-state index contributed by atoms with van der Waals surface area (Å²) in [7, 11) is -4.39. The molecule has 0 aliphatic carbocycles. The predicted molar refractivity (Wildman–Crippen MR) is 302 cm³/mol. The lowest BCUT2D eigenvalue weighted by Crippen LogP contribution is -2.29. The summed E-state index contributed by atoms with van der Waals surface area (Å²) < 4.78 is 32.9. The molecular formula is C61H106NO8P. The van der Waals surface area contributed by atoms with Crippen molar-refractivity contribution in [2.75, 3.05) is 26.4 Å². The molecule has 0 heterocycles. The van der Waals surface area contributed by atoms with Crippen LogP contribution in [0.5, 0.6) is 0 Å². The van der Waals surface area contributed by atoms with Crippen LogP contribution in [0.1, 0.15) is 245 Å². The zero-order valence-electron chi connectivity index (χ0n) is 45.4. The molecule has 3 N–H and O–H groups in total. The van der Waals surface area contributed by atoms with Crippen LogP contribution in [0.4, 0.5) is 0 Å². The van der Waals surface area contributed by atoms with Gasteiger partial charge in [-0.1, -0.05) is 252 Å². The van der Waals surface area contributed by atoms with Crippen LogP contribution in [0.15, 0.2) is 97.2 Å². The van der Waals surface area contributed by atoms with E-state index < -0.39 is 26.5 Å². The molecule has 9 nitrogen and oxygen atoms in total. The molecule has 0 saturated carbocycles. The molecular weight excluding hydrogens is 906 g/mol. The Balaban J connectivity index is 3.92. The number of phosphoric ester groups is 1. The third-order valence-electron chi connectivity index (χ3n) is 12.0. The Kier molecular flexibility index (Phi) is 53.8. The Morgan fingerprint density at radius 1 is 0.437 bits per heavy atom. The largest absolute Gasteiger partial charge is 0.472 e. The molecule has 0 fully saturated rings. The fraction of sp³-hybridized carbons (Fsp3) is 0.705. The molecule has 71 heavy (non-hydrogen) atoms. The van der Waals surface area contributed by atoms with Gasteiger partial charge in [-0.15, -0.1) is 0 Å². The molecule has 408 valence electrons. The molecule has 0 spiro atoms. The van der Waals surface area contributed by atoms with E-state index in [-0.39, 0.29) is 38.6 Å². The van der Waals surface area contributed by atoms with Gasteiger partial charge < -0.3 is 20.1 Å². The normalized spacial score (nSPS) is 13.8. The van der Waals surface area contributed by atoms with Gasteiger partial charge in [0.05, 0.1) is 13.2 Å². The molecule has 0 aromatic heterocycles. The lowest BCUT2D eigenvalue weighted by Gasteiger charge is -2.19. The number of hydrogen-bond acceptors (Lipinski definition) is 8. The zero-order valence-corrected chi connectivity index (χ0v) is 46.3. The van der Waals surface area contributed by atoms with Gasteiger partial charge in [-0.2, -0.15) is 0 Å². The molecule has 0 saturated heterocycles. The van der Waals surface area contributed by atoms with E-state index in [9.17, 15) is 19.0 Å². The van der Waals surface area contributed by atoms with Crippen molar-refractivity contribution in [1.82, 2.24) is 0 Å². The lowest BCUT2D eigenvalue weighted by atomic mass is 10.0. The van der Waals surface area contributed by atoms with Crippen molar-refractivity contribution in [3.05, 3.63) is 97.2 Å². The Morgan fingerprint density at radius 3 is 1.15 bits per heavy atom. The van der Waals surface area contributed by atoms with Crippen molar-refractivity contribution in [3.63, 3.8) is 0 Å². The third kappa shape index (κ3) is 56.1. The number of hydrogen-bond donors (Lipinski definition) is 2. The fourth-order valence-electron chi connectivity index (χ4n) is 7.77. The van der Waals surface area contributed by atoms with Gasteiger partial charge in [0.2, 0.25) is 0 Å². The van der Waals surface area contributed by atoms with Crippen molar-refractivity contribution >= 4 is 19.8 Å². The molecule has 0 bridgehead atoms. The second kappa shape index (κ2) is 56.2. The van der Waals surface area contributed by atoms with E-state index in [1.54, 1.807) is 0 Å². The lowest BCUT2D eigenvalue weighted by molar-refractivity contribution is -0.161. The maximum absolute atomic E-state index is 12.7. The summed E-state index contributed by atoms with van der Waals surface area (Å²) in [5, 5.41) is 0. The zero-order chi connectivity index (χ0) is 51.7. The summed E-state index contributed by atoms with van der Waals surface area (Å²) in [6.07, 6.45) is 74.7. The van der Waals surface area contributed by atoms with E-state index in [0.717, 1.165) is 89.9 Å². The Morgan fingerprint density at radius 2 is 0.775 bits per heavy atom. The van der Waals surface area contributed by atoms with Crippen LogP contribution < -0.4 is 5.73 Å². The summed E-state index contributed by atoms with van der Waals surface area (Å²) in [6.45, 7) is 3.63. The number of ether oxygens (including phenoxy) is 2. The molecule has 0 radical (unpaired) electrons. The highest BCUT2D eigenvalue weighted by Gasteiger charge is 2.26. The molecule has 10 heteroatoms. The highest BCUT2D eigenvalue weighted by molar-refractivity contribution is 7.47. The number of carbonyl (C=O) groups excluding carboxylic acids is 2. The molecule has 0 amide bonds. The minimum atomic E-state index is -4.39. The second-order valence-electron chi connectivity index (χ2n) is 18.8. The third-order valence-corrected chi connectivity index (χ3v) is 13.0. The van der Waals surface area contributed by atoms with Crippen molar-refractivity contribution in [2.24, 2.45) is 5.73 Å². The van der Waals surface area contributed by atoms with Crippen LogP contribution in [0, 0.1) is 0 Å². The van der Waals surface area contributed by atoms with E-state index in [0.29, 0.717) is 6.42 Å². The second-order valence-corrected chi connectivity index (χ2v) is 20.2. The topological polar surface area (TPSA) is 134 Å². The van der Waals surface area contributed by atoms with E-state index in [1.165, 1.54) is 122 Å². The molecule has 2 atom stereocenters. The molecule has 2 unspecified atom stereocenters. The highest BCUT2D eigenvalue weighted by Crippen LogP contribution is 2.43. The van der Waals surface area contributed by atoms with Crippen LogP contribution in [0.3, 0.4) is 0 Å². The minimum absolute atomic E-state index is 0.0511. The van der Waals surface area contributed by atoms with Gasteiger partial charge in [-0.25, -0.2) is 4.57 Å². The monoisotopic (exact) mass is 1010 g/mol. The summed E-state index contributed by atoms with van der Waals surface area (Å²) in [6, 6.07) is 0. The van der Waals surface area contributed by atoms with Gasteiger partial charge in [-0.05, 0) is 77.0 Å². The Labute approximate surface area is 436 Å². The number of allylic oxidation sites excluding steroid dienone is 16. The summed E-state index contributed by atoms with van der Waals surface area (Å²) in [5.74, 6) is -0.828. The summed E-state index contributed by atoms with van der Waals surface area (Å²) in [4.78, 5) is 35.1. The molecule has 0 aliphatic rings. The van der Waals surface area contributed by atoms with E-state index in [2.05, 4.69) is 111 Å². The number of phosphoric acid groups is 1. The van der Waals surface area contributed by atoms with Crippen LogP contribution in [-0.4, -0.2) is 49.3 Å². The van der Waals surface area contributed by atoms with Crippen LogP contribution in [0.25, 0.3) is 0 Å². The number of rotatable bonds is 53. The Hall–Kier alpha value is -3.07. The van der Waals surface area contributed by atoms with Crippen LogP contribution in [0.2, 0.25) is 0 Å². The van der Waals surface area contributed by atoms with Crippen molar-refractivity contribution in [3.8, 4) is 0 Å². The van der Waals surface area contributed by atoms with Gasteiger partial charge in [0.1, 0.15) is 6.61 Å². The van der Waals surface area contributed by atoms with Crippen molar-refractivity contribution in [1.29, 1.82) is 0 Å². The summed E-state index contributed by atoms with van der Waals surface area (Å²) >= 11 is 0. The van der Waals surface area contributed by atoms with E-state index in [4.69, 9.17) is 24.3 Å². The van der Waals surface area contributed by atoms with E-state index >= 15 is 0 Å². The van der Waals surface area contributed by atoms with Gasteiger partial charge in [0, 0.05) is 19.4 Å². The fourth-order valence-corrected chi connectivity index (χ4v) is 8.54. The molecule has 0 aromatic rings. The van der Waals surface area contributed by atoms with Crippen LogP contribution in [-0.2, 0) is 32.7 Å². The Bertz CT molecular complexity index is 1480. The molecule has 0 aromatic carbocycles. The number of nitrogens with two attached hydrogens (primary N) is 1. The first kappa shape index (κ1) is 67.9. The summed E-state index contributed by atoms with van der Waals surface area (Å²) in [5.41, 5.74) is 5.37. The molecule has 0 rings (SSSR count). The smallest absolute Gasteiger partial charge is 0.462 e. The number of unbranched alkanes of at least 4 members (excludes halogenated alkanes) is 24. The predicted octanol–water partition coefficient (Wildman–Crippen LogP) is 18.1. The number of carbonyl (C=O) groups is 2. The average molecular weight is 1010 g/mol. The van der Waals surface area contributed by atoms with Gasteiger partial charge >= 0.3 is 19.8 Å². The molecule has 0 aliphatic heterocycles. The maximum Gasteiger partial charge on any atom is 0.472 e. The maximum atomic E-state index is 12.7. The van der Waals surface area contributed by atoms with Crippen molar-refractivity contribution in [2.45, 2.75) is 251 Å². The standard InChI is InChI=1S/C61H106NO8P/c1-3-5-7-9-11-13-15-17-18-19-20-21-22-23-24-25-26-27-28-29-30-31-32-33-34-35-36-37-38-39-40-42-44-46-48-50-52-54-61(64)70-59(58-69-71(65,66)68-56-55-62)57-67-60(63)53-51-49-47-45-43-41-16-14-12-10-8-6-4-2/h5,7,11,13,17-18,20-21,23-24,26-27,29-30,32-33,59H,3-4,6,8-10,12,14-16,19,22,25,28,31,34-58,62H2,1-2H3,(H,65,66)/b7-5-,13-11-,18-17-,21-20-,24-23-,27-26-,30-29-,33-32-. The van der Waals surface area contributed by atoms with Gasteiger partial charge in [0.25, 0.3) is 0 Å². The number of esters is 2.